The maximum atomic E-state index is 9.57. The van der Waals surface area contributed by atoms with Crippen LogP contribution in [0.3, 0.4) is 0 Å². The molecule has 3 rings (SSSR count). The summed E-state index contributed by atoms with van der Waals surface area (Å²) in [7, 11) is 1.77. The Balaban J connectivity index is 1.89. The van der Waals surface area contributed by atoms with E-state index in [0.717, 1.165) is 5.56 Å². The van der Waals surface area contributed by atoms with Gasteiger partial charge in [0.2, 0.25) is 5.95 Å². The number of nitrogens with two attached hydrogens (primary N) is 1. The van der Waals surface area contributed by atoms with Gasteiger partial charge in [0.05, 0.1) is 23.4 Å². The summed E-state index contributed by atoms with van der Waals surface area (Å²) >= 11 is 5.97. The van der Waals surface area contributed by atoms with E-state index >= 15 is 0 Å². The zero-order chi connectivity index (χ0) is 19.6. The summed E-state index contributed by atoms with van der Waals surface area (Å²) in [5, 5.41) is 24.7. The lowest BCUT2D eigenvalue weighted by molar-refractivity contribution is 0.248. The second-order valence-electron chi connectivity index (χ2n) is 6.67. The molecule has 0 saturated carbocycles. The minimum atomic E-state index is -0.160. The summed E-state index contributed by atoms with van der Waals surface area (Å²) in [6, 6.07) is 5.30. The predicted molar refractivity (Wildman–Crippen MR) is 107 cm³/mol. The summed E-state index contributed by atoms with van der Waals surface area (Å²) < 4.78 is 1.58. The smallest absolute Gasteiger partial charge is 0.227 e. The van der Waals surface area contributed by atoms with E-state index in [9.17, 15) is 5.11 Å². The van der Waals surface area contributed by atoms with E-state index in [0.29, 0.717) is 40.2 Å². The molecular formula is C17H23ClN8O. The largest absolute Gasteiger partial charge is 0.398 e. The van der Waals surface area contributed by atoms with E-state index in [1.165, 1.54) is 0 Å². The third-order valence-electron chi connectivity index (χ3n) is 4.29. The number of aryl methyl sites for hydroxylation is 1. The quantitative estimate of drug-likeness (QED) is 0.451. The maximum Gasteiger partial charge on any atom is 0.227 e. The molecule has 0 saturated heterocycles. The van der Waals surface area contributed by atoms with Crippen LogP contribution in [-0.2, 0) is 13.6 Å². The molecule has 0 unspecified atom stereocenters. The summed E-state index contributed by atoms with van der Waals surface area (Å²) in [6.07, 6.45) is 0. The van der Waals surface area contributed by atoms with Gasteiger partial charge in [0.1, 0.15) is 0 Å². The molecule has 1 atom stereocenters. The number of nitrogens with zero attached hydrogens (tertiary/aromatic N) is 5. The molecule has 0 aliphatic heterocycles. The second kappa shape index (κ2) is 7.93. The van der Waals surface area contributed by atoms with E-state index < -0.39 is 0 Å². The minimum absolute atomic E-state index is 0.0183. The molecule has 9 nitrogen and oxygen atoms in total. The van der Waals surface area contributed by atoms with Gasteiger partial charge in [0, 0.05) is 13.6 Å². The first kappa shape index (κ1) is 19.1. The molecule has 0 bridgehead atoms. The van der Waals surface area contributed by atoms with Gasteiger partial charge in [-0.2, -0.15) is 9.97 Å². The first-order valence-corrected chi connectivity index (χ1v) is 8.99. The number of hydrogen-bond donors (Lipinski definition) is 4. The van der Waals surface area contributed by atoms with Crippen LogP contribution < -0.4 is 16.4 Å². The van der Waals surface area contributed by atoms with Crippen molar-refractivity contribution in [1.29, 1.82) is 0 Å². The van der Waals surface area contributed by atoms with Crippen LogP contribution >= 0.6 is 11.6 Å². The van der Waals surface area contributed by atoms with E-state index in [1.807, 2.05) is 26.0 Å². The van der Waals surface area contributed by atoms with E-state index in [1.54, 1.807) is 17.8 Å². The maximum absolute atomic E-state index is 9.57. The Morgan fingerprint density at radius 2 is 2.07 bits per heavy atom. The Morgan fingerprint density at radius 3 is 2.74 bits per heavy atom. The number of hydrogen-bond acceptors (Lipinski definition) is 8. The average Bonchev–Trinajstić information content (AvgIpc) is 3.01. The van der Waals surface area contributed by atoms with Crippen LogP contribution in [0.15, 0.2) is 18.2 Å². The molecule has 0 fully saturated rings. The monoisotopic (exact) mass is 390 g/mol. The molecule has 0 aliphatic carbocycles. The number of halogens is 1. The highest BCUT2D eigenvalue weighted by atomic mass is 35.5. The van der Waals surface area contributed by atoms with Crippen molar-refractivity contribution >= 4 is 40.2 Å². The van der Waals surface area contributed by atoms with Crippen LogP contribution in [-0.4, -0.2) is 42.7 Å². The Hall–Kier alpha value is -2.65. The van der Waals surface area contributed by atoms with Gasteiger partial charge in [-0.05, 0) is 23.6 Å². The fourth-order valence-corrected chi connectivity index (χ4v) is 2.70. The highest BCUT2D eigenvalue weighted by Gasteiger charge is 2.17. The van der Waals surface area contributed by atoms with Crippen molar-refractivity contribution in [3.8, 4) is 0 Å². The molecule has 0 aliphatic rings. The molecule has 0 radical (unpaired) electrons. The molecule has 0 amide bonds. The SMILES string of the molecule is CC(C)[C@H](CO)Nc1nc(NCc2ccc(Cl)c(N)c2)c2nnn(C)c2n1. The topological polar surface area (TPSA) is 127 Å². The number of rotatable bonds is 7. The van der Waals surface area contributed by atoms with Crippen molar-refractivity contribution in [2.24, 2.45) is 13.0 Å². The molecule has 144 valence electrons. The van der Waals surface area contributed by atoms with Crippen molar-refractivity contribution < 1.29 is 5.11 Å². The van der Waals surface area contributed by atoms with Crippen molar-refractivity contribution in [3.63, 3.8) is 0 Å². The normalized spacial score (nSPS) is 12.5. The zero-order valence-corrected chi connectivity index (χ0v) is 16.2. The van der Waals surface area contributed by atoms with Crippen LogP contribution in [0.5, 0.6) is 0 Å². The predicted octanol–water partition coefficient (Wildman–Crippen LogP) is 2.03. The van der Waals surface area contributed by atoms with Gasteiger partial charge in [-0.1, -0.05) is 36.7 Å². The van der Waals surface area contributed by atoms with Gasteiger partial charge < -0.3 is 21.5 Å². The molecule has 2 heterocycles. The number of aliphatic hydroxyl groups excluding tert-OH is 1. The van der Waals surface area contributed by atoms with Gasteiger partial charge in [-0.25, -0.2) is 4.68 Å². The van der Waals surface area contributed by atoms with Gasteiger partial charge in [0.25, 0.3) is 0 Å². The van der Waals surface area contributed by atoms with Crippen LogP contribution in [0.25, 0.3) is 11.2 Å². The van der Waals surface area contributed by atoms with E-state index in [-0.39, 0.29) is 18.6 Å². The summed E-state index contributed by atoms with van der Waals surface area (Å²) in [4.78, 5) is 9.00. The van der Waals surface area contributed by atoms with Gasteiger partial charge in [0.15, 0.2) is 17.0 Å². The molecule has 1 aromatic carbocycles. The first-order valence-electron chi connectivity index (χ1n) is 8.61. The van der Waals surface area contributed by atoms with E-state index in [4.69, 9.17) is 17.3 Å². The molecule has 27 heavy (non-hydrogen) atoms. The Kier molecular flexibility index (Phi) is 5.62. The van der Waals surface area contributed by atoms with Crippen LogP contribution in [0, 0.1) is 5.92 Å². The number of fused-ring (bicyclic) bond motifs is 1. The Morgan fingerprint density at radius 1 is 1.30 bits per heavy atom. The lowest BCUT2D eigenvalue weighted by Crippen LogP contribution is -2.30. The summed E-state index contributed by atoms with van der Waals surface area (Å²) in [5.41, 5.74) is 8.49. The average molecular weight is 391 g/mol. The number of benzene rings is 1. The van der Waals surface area contributed by atoms with Crippen LogP contribution in [0.1, 0.15) is 19.4 Å². The van der Waals surface area contributed by atoms with Crippen molar-refractivity contribution in [1.82, 2.24) is 25.0 Å². The van der Waals surface area contributed by atoms with Gasteiger partial charge in [-0.3, -0.25) is 0 Å². The third-order valence-corrected chi connectivity index (χ3v) is 4.63. The molecular weight excluding hydrogens is 368 g/mol. The number of aromatic nitrogens is 5. The van der Waals surface area contributed by atoms with E-state index in [2.05, 4.69) is 30.9 Å². The highest BCUT2D eigenvalue weighted by Crippen LogP contribution is 2.23. The van der Waals surface area contributed by atoms with Crippen LogP contribution in [0.2, 0.25) is 5.02 Å². The minimum Gasteiger partial charge on any atom is -0.398 e. The van der Waals surface area contributed by atoms with Crippen molar-refractivity contribution in [2.75, 3.05) is 23.0 Å². The molecule has 0 spiro atoms. The standard InChI is InChI=1S/C17H23ClN8O/c1-9(2)13(8-27)21-17-22-15(14-16(23-17)26(3)25-24-14)20-7-10-4-5-11(18)12(19)6-10/h4-6,9,13,27H,7-8,19H2,1-3H3,(H2,20,21,22,23)/t13-/m0/s1. The Bertz CT molecular complexity index is 942. The van der Waals surface area contributed by atoms with Crippen molar-refractivity contribution in [3.05, 3.63) is 28.8 Å². The number of aliphatic hydroxyl groups is 1. The molecule has 10 heteroatoms. The van der Waals surface area contributed by atoms with Crippen molar-refractivity contribution in [2.45, 2.75) is 26.4 Å². The van der Waals surface area contributed by atoms with Gasteiger partial charge >= 0.3 is 0 Å². The fraction of sp³-hybridized carbons (Fsp3) is 0.412. The lowest BCUT2D eigenvalue weighted by Gasteiger charge is -2.20. The summed E-state index contributed by atoms with van der Waals surface area (Å²) in [6.45, 7) is 4.50. The number of anilines is 3. The number of nitrogens with one attached hydrogen (secondary N) is 2. The first-order chi connectivity index (χ1) is 12.9. The molecule has 3 aromatic rings. The Labute approximate surface area is 161 Å². The zero-order valence-electron chi connectivity index (χ0n) is 15.4. The van der Waals surface area contributed by atoms with Gasteiger partial charge in [-0.15, -0.1) is 5.10 Å². The second-order valence-corrected chi connectivity index (χ2v) is 7.08. The lowest BCUT2D eigenvalue weighted by atomic mass is 10.1. The third kappa shape index (κ3) is 4.20. The number of nitrogen functional groups attached to an aromatic ring is 1. The fourth-order valence-electron chi connectivity index (χ4n) is 2.58. The summed E-state index contributed by atoms with van der Waals surface area (Å²) in [5.74, 6) is 1.16. The highest BCUT2D eigenvalue weighted by molar-refractivity contribution is 6.33. The molecule has 2 aromatic heterocycles. The van der Waals surface area contributed by atoms with Crippen LogP contribution in [0.4, 0.5) is 17.5 Å². The molecule has 5 N–H and O–H groups in total.